The Bertz CT molecular complexity index is 834. The highest BCUT2D eigenvalue weighted by atomic mass is 32.1. The van der Waals surface area contributed by atoms with Crippen molar-refractivity contribution in [3.05, 3.63) is 70.7 Å². The normalized spacial score (nSPS) is 10.3. The molecule has 0 saturated heterocycles. The highest BCUT2D eigenvalue weighted by molar-refractivity contribution is 7.07. The van der Waals surface area contributed by atoms with Crippen LogP contribution in [0.25, 0.3) is 0 Å². The van der Waals surface area contributed by atoms with Crippen molar-refractivity contribution < 1.29 is 14.3 Å². The molecule has 0 saturated carbocycles. The quantitative estimate of drug-likeness (QED) is 0.699. The van der Waals surface area contributed by atoms with Gasteiger partial charge in [-0.3, -0.25) is 4.79 Å². The fourth-order valence-electron chi connectivity index (χ4n) is 2.37. The van der Waals surface area contributed by atoms with Gasteiger partial charge in [-0.05, 0) is 18.2 Å². The number of hydrogen-bond donors (Lipinski definition) is 1. The Balaban J connectivity index is 1.66. The van der Waals surface area contributed by atoms with Crippen LogP contribution in [0, 0.1) is 0 Å². The number of hydrogen-bond acceptors (Lipinski definition) is 5. The molecule has 3 aromatic rings. The number of para-hydroxylation sites is 3. The molecule has 1 N–H and O–H groups in total. The molecule has 0 unspecified atom stereocenters. The van der Waals surface area contributed by atoms with Crippen molar-refractivity contribution in [2.24, 2.45) is 0 Å². The van der Waals surface area contributed by atoms with Gasteiger partial charge in [0.05, 0.1) is 30.4 Å². The summed E-state index contributed by atoms with van der Waals surface area (Å²) in [6.45, 7) is 0.364. The smallest absolute Gasteiger partial charge is 0.229 e. The first kappa shape index (κ1) is 17.0. The van der Waals surface area contributed by atoms with Gasteiger partial charge in [0.15, 0.2) is 0 Å². The number of nitrogens with zero attached hydrogens (tertiary/aromatic N) is 1. The minimum Gasteiger partial charge on any atom is -0.496 e. The van der Waals surface area contributed by atoms with Crippen LogP contribution in [0.2, 0.25) is 0 Å². The number of carbonyl (C=O) groups is 1. The first-order valence-corrected chi connectivity index (χ1v) is 8.71. The third-order valence-electron chi connectivity index (χ3n) is 3.56. The maximum atomic E-state index is 12.4. The number of anilines is 1. The van der Waals surface area contributed by atoms with E-state index in [1.54, 1.807) is 12.6 Å². The lowest BCUT2D eigenvalue weighted by molar-refractivity contribution is -0.115. The molecule has 0 fully saturated rings. The summed E-state index contributed by atoms with van der Waals surface area (Å²) in [4.78, 5) is 16.6. The van der Waals surface area contributed by atoms with Gasteiger partial charge >= 0.3 is 0 Å². The second kappa shape index (κ2) is 8.30. The van der Waals surface area contributed by atoms with Crippen molar-refractivity contribution in [1.82, 2.24) is 4.98 Å². The van der Waals surface area contributed by atoms with Gasteiger partial charge in [0.25, 0.3) is 0 Å². The highest BCUT2D eigenvalue weighted by Crippen LogP contribution is 2.25. The summed E-state index contributed by atoms with van der Waals surface area (Å²) in [5, 5.41) is 4.84. The third-order valence-corrected chi connectivity index (χ3v) is 4.20. The number of ether oxygens (including phenoxy) is 2. The molecule has 0 spiro atoms. The molecule has 1 heterocycles. The number of benzene rings is 2. The molecule has 0 aliphatic heterocycles. The predicted molar refractivity (Wildman–Crippen MR) is 98.2 cm³/mol. The largest absolute Gasteiger partial charge is 0.496 e. The van der Waals surface area contributed by atoms with Crippen LogP contribution in [0.15, 0.2) is 59.4 Å². The van der Waals surface area contributed by atoms with Crippen LogP contribution in [-0.4, -0.2) is 18.0 Å². The first-order chi connectivity index (χ1) is 12.3. The van der Waals surface area contributed by atoms with Crippen molar-refractivity contribution in [2.75, 3.05) is 12.4 Å². The molecule has 3 rings (SSSR count). The Hall–Kier alpha value is -2.86. The minimum absolute atomic E-state index is 0.130. The molecule has 0 bridgehead atoms. The van der Waals surface area contributed by atoms with Gasteiger partial charge < -0.3 is 14.8 Å². The van der Waals surface area contributed by atoms with E-state index in [0.29, 0.717) is 23.8 Å². The molecule has 1 amide bonds. The lowest BCUT2D eigenvalue weighted by atomic mass is 10.1. The van der Waals surface area contributed by atoms with E-state index in [9.17, 15) is 4.79 Å². The average Bonchev–Trinajstić information content (AvgIpc) is 3.15. The number of amides is 1. The van der Waals surface area contributed by atoms with E-state index in [1.165, 1.54) is 11.3 Å². The lowest BCUT2D eigenvalue weighted by Gasteiger charge is -2.12. The van der Waals surface area contributed by atoms with E-state index < -0.39 is 0 Å². The van der Waals surface area contributed by atoms with Gasteiger partial charge in [0.1, 0.15) is 18.1 Å². The standard InChI is InChI=1S/C19H18N2O3S/c1-23-17-8-4-2-6-14(17)10-19(22)21-16-7-3-5-9-18(16)24-11-15-12-25-13-20-15/h2-9,12-13H,10-11H2,1H3,(H,21,22). The number of carbonyl (C=O) groups excluding carboxylic acids is 1. The van der Waals surface area contributed by atoms with Crippen molar-refractivity contribution in [1.29, 1.82) is 0 Å². The van der Waals surface area contributed by atoms with Crippen molar-refractivity contribution in [2.45, 2.75) is 13.0 Å². The van der Waals surface area contributed by atoms with Crippen LogP contribution < -0.4 is 14.8 Å². The second-order valence-electron chi connectivity index (χ2n) is 5.30. The lowest BCUT2D eigenvalue weighted by Crippen LogP contribution is -2.15. The molecule has 0 aliphatic carbocycles. The molecule has 128 valence electrons. The van der Waals surface area contributed by atoms with Crippen molar-refractivity contribution >= 4 is 22.9 Å². The summed E-state index contributed by atoms with van der Waals surface area (Å²) in [7, 11) is 1.60. The molecular weight excluding hydrogens is 336 g/mol. The fraction of sp³-hybridized carbons (Fsp3) is 0.158. The average molecular weight is 354 g/mol. The Labute approximate surface area is 150 Å². The topological polar surface area (TPSA) is 60.5 Å². The number of methoxy groups -OCH3 is 1. The van der Waals surface area contributed by atoms with Gasteiger partial charge in [0.2, 0.25) is 5.91 Å². The molecule has 5 nitrogen and oxygen atoms in total. The maximum Gasteiger partial charge on any atom is 0.229 e. The summed E-state index contributed by atoms with van der Waals surface area (Å²) in [5.41, 5.74) is 4.10. The van der Waals surface area contributed by atoms with Gasteiger partial charge in [0, 0.05) is 10.9 Å². The summed E-state index contributed by atoms with van der Waals surface area (Å²) in [5.74, 6) is 1.18. The fourth-order valence-corrected chi connectivity index (χ4v) is 2.92. The van der Waals surface area contributed by atoms with E-state index in [2.05, 4.69) is 10.3 Å². The number of rotatable bonds is 7. The van der Waals surface area contributed by atoms with Crippen molar-refractivity contribution in [3.8, 4) is 11.5 Å². The number of nitrogens with one attached hydrogen (secondary N) is 1. The predicted octanol–water partition coefficient (Wildman–Crippen LogP) is 3.91. The van der Waals surface area contributed by atoms with Gasteiger partial charge in [-0.1, -0.05) is 30.3 Å². The van der Waals surface area contributed by atoms with Crippen LogP contribution in [0.3, 0.4) is 0 Å². The molecule has 6 heteroatoms. The van der Waals surface area contributed by atoms with E-state index in [-0.39, 0.29) is 12.3 Å². The molecule has 0 atom stereocenters. The van der Waals surface area contributed by atoms with Gasteiger partial charge in [-0.15, -0.1) is 11.3 Å². The molecule has 25 heavy (non-hydrogen) atoms. The Kier molecular flexibility index (Phi) is 5.64. The Morgan fingerprint density at radius 2 is 1.88 bits per heavy atom. The maximum absolute atomic E-state index is 12.4. The molecular formula is C19H18N2O3S. The summed E-state index contributed by atoms with van der Waals surface area (Å²) < 4.78 is 11.1. The van der Waals surface area contributed by atoms with Crippen LogP contribution >= 0.6 is 11.3 Å². The first-order valence-electron chi connectivity index (χ1n) is 7.77. The summed E-state index contributed by atoms with van der Waals surface area (Å²) in [6.07, 6.45) is 0.227. The van der Waals surface area contributed by atoms with Crippen molar-refractivity contribution in [3.63, 3.8) is 0 Å². The zero-order chi connectivity index (χ0) is 17.5. The molecule has 1 aromatic heterocycles. The van der Waals surface area contributed by atoms with Gasteiger partial charge in [-0.25, -0.2) is 4.98 Å². The summed E-state index contributed by atoms with van der Waals surface area (Å²) in [6, 6.07) is 14.8. The minimum atomic E-state index is -0.130. The van der Waals surface area contributed by atoms with E-state index >= 15 is 0 Å². The Morgan fingerprint density at radius 1 is 1.12 bits per heavy atom. The van der Waals surface area contributed by atoms with Crippen LogP contribution in [-0.2, 0) is 17.8 Å². The zero-order valence-corrected chi connectivity index (χ0v) is 14.6. The number of aromatic nitrogens is 1. The van der Waals surface area contributed by atoms with Crippen LogP contribution in [0.1, 0.15) is 11.3 Å². The van der Waals surface area contributed by atoms with Crippen LogP contribution in [0.4, 0.5) is 5.69 Å². The third kappa shape index (κ3) is 4.58. The van der Waals surface area contributed by atoms with Crippen LogP contribution in [0.5, 0.6) is 11.5 Å². The second-order valence-corrected chi connectivity index (χ2v) is 6.02. The van der Waals surface area contributed by atoms with E-state index in [4.69, 9.17) is 9.47 Å². The SMILES string of the molecule is COc1ccccc1CC(=O)Nc1ccccc1OCc1cscn1. The molecule has 0 aliphatic rings. The molecule has 0 radical (unpaired) electrons. The zero-order valence-electron chi connectivity index (χ0n) is 13.8. The van der Waals surface area contributed by atoms with Gasteiger partial charge in [-0.2, -0.15) is 0 Å². The number of thiazole rings is 1. The Morgan fingerprint density at radius 3 is 2.64 bits per heavy atom. The van der Waals surface area contributed by atoms with E-state index in [0.717, 1.165) is 11.3 Å². The monoisotopic (exact) mass is 354 g/mol. The highest BCUT2D eigenvalue weighted by Gasteiger charge is 2.11. The molecule has 2 aromatic carbocycles. The van der Waals surface area contributed by atoms with E-state index in [1.807, 2.05) is 53.9 Å². The summed E-state index contributed by atoms with van der Waals surface area (Å²) >= 11 is 1.52.